The van der Waals surface area contributed by atoms with Crippen LogP contribution < -0.4 is 10.6 Å². The number of allylic oxidation sites excluding steroid dienone is 2. The van der Waals surface area contributed by atoms with Gasteiger partial charge in [-0.15, -0.1) is 5.10 Å². The van der Waals surface area contributed by atoms with Gasteiger partial charge in [0.25, 0.3) is 0 Å². The van der Waals surface area contributed by atoms with Crippen LogP contribution in [0.1, 0.15) is 125 Å². The molecule has 328 valence electrons. The Hall–Kier alpha value is -3.33. The number of ether oxygens (including phenoxy) is 2. The van der Waals surface area contributed by atoms with Gasteiger partial charge in [-0.3, -0.25) is 9.59 Å². The van der Waals surface area contributed by atoms with Crippen LogP contribution in [0.4, 0.5) is 0 Å². The number of methoxy groups -OCH3 is 1. The fraction of sp³-hybridized carbons (Fsp3) is 0.800. The highest BCUT2D eigenvalue weighted by Gasteiger charge is 2.69. The largest absolute Gasteiger partial charge is 0.478 e. The highest BCUT2D eigenvalue weighted by atomic mass is 16.6. The molecule has 14 heteroatoms. The molecule has 2 amide bonds. The number of fused-ring (bicyclic) bond motifs is 7. The molecule has 0 aromatic carbocycles. The smallest absolute Gasteiger partial charge is 0.373 e. The van der Waals surface area contributed by atoms with E-state index in [1.54, 1.807) is 6.20 Å². The molecule has 1 aromatic heterocycles. The van der Waals surface area contributed by atoms with Gasteiger partial charge in [0, 0.05) is 6.92 Å². The fourth-order valence-electron chi connectivity index (χ4n) is 13.9. The summed E-state index contributed by atoms with van der Waals surface area (Å²) in [6.07, 6.45) is 9.32. The molecule has 5 aliphatic carbocycles. The van der Waals surface area contributed by atoms with E-state index in [9.17, 15) is 34.8 Å². The Morgan fingerprint density at radius 1 is 1.02 bits per heavy atom. The van der Waals surface area contributed by atoms with Crippen LogP contribution in [0, 0.1) is 56.7 Å². The lowest BCUT2D eigenvalue weighted by molar-refractivity contribution is -0.204. The Morgan fingerprint density at radius 2 is 1.75 bits per heavy atom. The summed E-state index contributed by atoms with van der Waals surface area (Å²) < 4.78 is 12.0. The van der Waals surface area contributed by atoms with Crippen molar-refractivity contribution in [1.29, 1.82) is 0 Å². The number of rotatable bonds is 9. The van der Waals surface area contributed by atoms with Gasteiger partial charge < -0.3 is 40.5 Å². The molecule has 59 heavy (non-hydrogen) atoms. The lowest BCUT2D eigenvalue weighted by atomic mass is 9.33. The lowest BCUT2D eigenvalue weighted by Gasteiger charge is -2.71. The molecule has 0 bridgehead atoms. The van der Waals surface area contributed by atoms with E-state index in [2.05, 4.69) is 75.5 Å². The number of aliphatic hydroxyl groups is 4. The molecule has 7 rings (SSSR count). The van der Waals surface area contributed by atoms with Gasteiger partial charge in [-0.05, 0) is 115 Å². The third kappa shape index (κ3) is 6.77. The van der Waals surface area contributed by atoms with E-state index in [-0.39, 0.29) is 51.9 Å². The molecule has 0 saturated heterocycles. The number of hydrogen-bond acceptors (Lipinski definition) is 11. The number of aliphatic hydroxyl groups excluding tert-OH is 4. The second kappa shape index (κ2) is 15.5. The van der Waals surface area contributed by atoms with Crippen LogP contribution in [0.3, 0.4) is 0 Å². The Morgan fingerprint density at radius 3 is 2.42 bits per heavy atom. The summed E-state index contributed by atoms with van der Waals surface area (Å²) in [6.45, 7) is 17.5. The number of aromatic nitrogens is 3. The van der Waals surface area contributed by atoms with Crippen molar-refractivity contribution in [3.05, 3.63) is 35.4 Å². The first-order chi connectivity index (χ1) is 27.7. The second-order valence-electron chi connectivity index (χ2n) is 20.6. The van der Waals surface area contributed by atoms with Crippen molar-refractivity contribution < 1.29 is 44.3 Å². The predicted octanol–water partition coefficient (Wildman–Crippen LogP) is 4.13. The molecule has 1 aliphatic heterocycles. The first-order valence-corrected chi connectivity index (χ1v) is 22.0. The van der Waals surface area contributed by atoms with Crippen LogP contribution >= 0.6 is 0 Å². The van der Waals surface area contributed by atoms with Crippen molar-refractivity contribution in [3.8, 4) is 0 Å². The van der Waals surface area contributed by atoms with Gasteiger partial charge in [0.2, 0.25) is 17.6 Å². The molecule has 14 nitrogen and oxygen atoms in total. The Bertz CT molecular complexity index is 1860. The summed E-state index contributed by atoms with van der Waals surface area (Å²) in [5, 5.41) is 56.7. The van der Waals surface area contributed by atoms with Crippen molar-refractivity contribution in [2.24, 2.45) is 56.7 Å². The quantitative estimate of drug-likeness (QED) is 0.154. The molecule has 6 aliphatic rings. The molecular weight excluding hydrogens is 755 g/mol. The van der Waals surface area contributed by atoms with E-state index in [1.165, 1.54) is 30.4 Å². The molecule has 15 atom stereocenters. The molecule has 0 spiro atoms. The maximum Gasteiger partial charge on any atom is 0.373 e. The minimum absolute atomic E-state index is 0.0287. The van der Waals surface area contributed by atoms with Crippen LogP contribution in [-0.4, -0.2) is 97.4 Å². The van der Waals surface area contributed by atoms with Crippen LogP contribution in [0.5, 0.6) is 0 Å². The highest BCUT2D eigenvalue weighted by molar-refractivity contribution is 5.86. The number of carbonyl (C=O) groups excluding carboxylic acids is 3. The molecule has 0 radical (unpaired) electrons. The van der Waals surface area contributed by atoms with E-state index in [1.807, 2.05) is 0 Å². The van der Waals surface area contributed by atoms with Crippen LogP contribution in [0.2, 0.25) is 0 Å². The van der Waals surface area contributed by atoms with Crippen molar-refractivity contribution in [3.63, 3.8) is 0 Å². The molecule has 2 heterocycles. The van der Waals surface area contributed by atoms with Crippen molar-refractivity contribution in [2.45, 2.75) is 156 Å². The summed E-state index contributed by atoms with van der Waals surface area (Å²) in [7, 11) is 1.17. The van der Waals surface area contributed by atoms with Crippen LogP contribution in [0.15, 0.2) is 29.7 Å². The summed E-state index contributed by atoms with van der Waals surface area (Å²) in [5.41, 5.74) is 1.43. The monoisotopic (exact) mass is 824 g/mol. The van der Waals surface area contributed by atoms with Crippen molar-refractivity contribution >= 4 is 17.8 Å². The maximum absolute atomic E-state index is 14.9. The van der Waals surface area contributed by atoms with Gasteiger partial charge in [0.05, 0.1) is 50.1 Å². The van der Waals surface area contributed by atoms with Gasteiger partial charge >= 0.3 is 5.97 Å². The SMILES string of the molecule is COC(=O)C1=C[C@@H](n2cc(CNC(=O)[C@]34CC[C@@H](C)[C@H](C)[C@H]3C3=CC[C@@H]5[C@@]6(C)CC[C@H](O)C(C)(C)[C@@H]6CC[C@@]5(C)[C@]3(C)CC4)nn2)[C@@H](NC(C)=O)[C@H]([C@H](O)[C@H](O)CO)O1. The zero-order valence-electron chi connectivity index (χ0n) is 36.5. The third-order valence-electron chi connectivity index (χ3n) is 17.7. The molecule has 4 saturated carbocycles. The van der Waals surface area contributed by atoms with Gasteiger partial charge in [-0.25, -0.2) is 9.48 Å². The van der Waals surface area contributed by atoms with Crippen LogP contribution in [-0.2, 0) is 30.4 Å². The van der Waals surface area contributed by atoms with Gasteiger partial charge in [-0.2, -0.15) is 0 Å². The topological polar surface area (TPSA) is 205 Å². The molecule has 4 fully saturated rings. The first kappa shape index (κ1) is 43.7. The maximum atomic E-state index is 14.9. The van der Waals surface area contributed by atoms with Gasteiger partial charge in [0.1, 0.15) is 24.0 Å². The van der Waals surface area contributed by atoms with Gasteiger partial charge in [-0.1, -0.05) is 65.3 Å². The van der Waals surface area contributed by atoms with Crippen LogP contribution in [0.25, 0.3) is 0 Å². The van der Waals surface area contributed by atoms with E-state index in [0.29, 0.717) is 29.4 Å². The van der Waals surface area contributed by atoms with Crippen molar-refractivity contribution in [1.82, 2.24) is 25.6 Å². The normalized spacial score (nSPS) is 42.2. The van der Waals surface area contributed by atoms with Gasteiger partial charge in [0.15, 0.2) is 0 Å². The summed E-state index contributed by atoms with van der Waals surface area (Å²) in [4.78, 5) is 39.9. The fourth-order valence-corrected chi connectivity index (χ4v) is 13.9. The number of esters is 1. The van der Waals surface area contributed by atoms with E-state index < -0.39 is 54.3 Å². The van der Waals surface area contributed by atoms with E-state index >= 15 is 0 Å². The number of nitrogens with zero attached hydrogens (tertiary/aromatic N) is 3. The van der Waals surface area contributed by atoms with E-state index in [4.69, 9.17) is 9.47 Å². The minimum atomic E-state index is -1.69. The minimum Gasteiger partial charge on any atom is -0.478 e. The second-order valence-corrected chi connectivity index (χ2v) is 20.6. The lowest BCUT2D eigenvalue weighted by Crippen LogP contribution is -2.66. The highest BCUT2D eigenvalue weighted by Crippen LogP contribution is 2.75. The predicted molar refractivity (Wildman–Crippen MR) is 218 cm³/mol. The average molecular weight is 824 g/mol. The first-order valence-electron chi connectivity index (χ1n) is 22.0. The van der Waals surface area contributed by atoms with Crippen molar-refractivity contribution in [2.75, 3.05) is 13.7 Å². The summed E-state index contributed by atoms with van der Waals surface area (Å²) in [6, 6.07) is -1.96. The molecule has 0 unspecified atom stereocenters. The summed E-state index contributed by atoms with van der Waals surface area (Å²) >= 11 is 0. The third-order valence-corrected chi connectivity index (χ3v) is 17.7. The van der Waals surface area contributed by atoms with E-state index in [0.717, 1.165) is 57.8 Å². The zero-order chi connectivity index (χ0) is 43.0. The number of carbonyl (C=O) groups is 3. The Labute approximate surface area is 348 Å². The summed E-state index contributed by atoms with van der Waals surface area (Å²) in [5.74, 6) is 0.327. The molecule has 6 N–H and O–H groups in total. The average Bonchev–Trinajstić information content (AvgIpc) is 3.68. The standard InChI is InChI=1S/C45H69N5O9/c1-24-12-17-45(19-18-43(7)28(35(45)25(24)2)10-11-33-42(6)15-14-34(54)41(4,5)32(42)13-16-44(33,43)8)40(57)46-21-27-22-50(49-48-27)29-20-31(39(56)58-9)59-38(36(29)47-26(3)52)37(55)30(53)23-51/h10,20,22,24-25,29-30,32-38,51,53-55H,11-19,21,23H2,1-9H3,(H,46,57)(H,47,52)/t24-,25+,29-,30-,32+,33-,34+,35+,36-,37-,38-,42+,43-,44-,45+/m1/s1. The number of hydrogen-bond donors (Lipinski definition) is 6. The number of amides is 2. The molecular formula is C45H69N5O9. The Balaban J connectivity index is 1.16. The molecule has 1 aromatic rings. The number of nitrogens with one attached hydrogen (secondary N) is 2. The Kier molecular flexibility index (Phi) is 11.5. The zero-order valence-corrected chi connectivity index (χ0v) is 36.5.